The fourth-order valence-electron chi connectivity index (χ4n) is 1.77. The van der Waals surface area contributed by atoms with Gasteiger partial charge < -0.3 is 0 Å². The Morgan fingerprint density at radius 3 is 2.26 bits per heavy atom. The van der Waals surface area contributed by atoms with Crippen LogP contribution in [-0.2, 0) is 4.79 Å². The molecule has 19 heavy (non-hydrogen) atoms. The summed E-state index contributed by atoms with van der Waals surface area (Å²) in [5, 5.41) is 0.700. The van der Waals surface area contributed by atoms with Crippen LogP contribution in [0.5, 0.6) is 0 Å². The molecule has 0 aromatic rings. The van der Waals surface area contributed by atoms with E-state index in [-0.39, 0.29) is 5.78 Å². The van der Waals surface area contributed by atoms with E-state index >= 15 is 0 Å². The normalized spacial score (nSPS) is 14.2. The van der Waals surface area contributed by atoms with E-state index in [1.165, 1.54) is 0 Å². The van der Waals surface area contributed by atoms with Gasteiger partial charge in [-0.15, -0.1) is 0 Å². The summed E-state index contributed by atoms with van der Waals surface area (Å²) < 4.78 is 0. The Labute approximate surface area is 122 Å². The summed E-state index contributed by atoms with van der Waals surface area (Å²) >= 11 is 5.88. The number of aliphatic imine (C=N–C) groups is 1. The Morgan fingerprint density at radius 2 is 1.84 bits per heavy atom. The molecule has 3 heteroatoms. The van der Waals surface area contributed by atoms with E-state index in [0.29, 0.717) is 17.9 Å². The Balaban J connectivity index is 5.19. The lowest BCUT2D eigenvalue weighted by molar-refractivity contribution is -0.117. The van der Waals surface area contributed by atoms with Gasteiger partial charge in [0.25, 0.3) is 0 Å². The highest BCUT2D eigenvalue weighted by atomic mass is 35.5. The summed E-state index contributed by atoms with van der Waals surface area (Å²) in [5.41, 5.74) is 3.45. The maximum absolute atomic E-state index is 11.6. The summed E-state index contributed by atoms with van der Waals surface area (Å²) in [5.74, 6) is 0.228. The first-order valence-electron chi connectivity index (χ1n) is 6.54. The Morgan fingerprint density at radius 1 is 1.26 bits per heavy atom. The van der Waals surface area contributed by atoms with Crippen LogP contribution in [0.1, 0.15) is 53.9 Å². The van der Waals surface area contributed by atoms with Gasteiger partial charge in [0.15, 0.2) is 0 Å². The number of carbonyl (C=O) groups is 1. The van der Waals surface area contributed by atoms with Gasteiger partial charge in [0.2, 0.25) is 0 Å². The van der Waals surface area contributed by atoms with Crippen molar-refractivity contribution in [2.75, 3.05) is 0 Å². The topological polar surface area (TPSA) is 29.4 Å². The van der Waals surface area contributed by atoms with Gasteiger partial charge >= 0.3 is 0 Å². The third-order valence-electron chi connectivity index (χ3n) is 2.48. The molecule has 0 aromatic carbocycles. The minimum Gasteiger partial charge on any atom is -0.299 e. The van der Waals surface area contributed by atoms with Crippen molar-refractivity contribution in [2.45, 2.75) is 53.9 Å². The van der Waals surface area contributed by atoms with E-state index in [2.05, 4.69) is 11.6 Å². The summed E-state index contributed by atoms with van der Waals surface area (Å²) in [4.78, 5) is 16.1. The highest BCUT2D eigenvalue weighted by Gasteiger charge is 2.06. The van der Waals surface area contributed by atoms with Crippen molar-refractivity contribution < 1.29 is 4.79 Å². The lowest BCUT2D eigenvalue weighted by atomic mass is 10.1. The van der Waals surface area contributed by atoms with Crippen LogP contribution in [0.15, 0.2) is 39.5 Å². The third kappa shape index (κ3) is 7.78. The Bertz CT molecular complexity index is 438. The van der Waals surface area contributed by atoms with Gasteiger partial charge in [-0.1, -0.05) is 25.1 Å². The molecule has 0 saturated heterocycles. The van der Waals surface area contributed by atoms with Gasteiger partial charge in [-0.05, 0) is 51.3 Å². The van der Waals surface area contributed by atoms with Crippen molar-refractivity contribution in [2.24, 2.45) is 4.99 Å². The van der Waals surface area contributed by atoms with Gasteiger partial charge in [0, 0.05) is 23.6 Å². The van der Waals surface area contributed by atoms with Crippen molar-refractivity contribution in [3.05, 3.63) is 34.5 Å². The van der Waals surface area contributed by atoms with E-state index < -0.39 is 0 Å². The molecule has 0 heterocycles. The molecular formula is C16H24ClNO. The molecule has 0 saturated carbocycles. The molecule has 0 aliphatic carbocycles. The number of nitrogens with zero attached hydrogens (tertiary/aromatic N) is 1. The summed E-state index contributed by atoms with van der Waals surface area (Å²) in [6.07, 6.45) is 3.75. The Hall–Kier alpha value is -1.15. The second-order valence-corrected chi connectivity index (χ2v) is 5.45. The molecule has 0 N–H and O–H groups in total. The van der Waals surface area contributed by atoms with Crippen molar-refractivity contribution in [1.29, 1.82) is 0 Å². The second kappa shape index (κ2) is 8.87. The quantitative estimate of drug-likeness (QED) is 0.466. The van der Waals surface area contributed by atoms with Crippen LogP contribution in [-0.4, -0.2) is 11.5 Å². The number of hydrogen-bond acceptors (Lipinski definition) is 2. The first kappa shape index (κ1) is 17.8. The largest absolute Gasteiger partial charge is 0.299 e. The molecule has 0 bridgehead atoms. The lowest BCUT2D eigenvalue weighted by Gasteiger charge is -2.07. The monoisotopic (exact) mass is 281 g/mol. The van der Waals surface area contributed by atoms with Crippen LogP contribution in [0.4, 0.5) is 0 Å². The van der Waals surface area contributed by atoms with Gasteiger partial charge in [-0.25, -0.2) is 0 Å². The van der Waals surface area contributed by atoms with E-state index in [4.69, 9.17) is 11.6 Å². The molecular weight excluding hydrogens is 258 g/mol. The zero-order valence-electron chi connectivity index (χ0n) is 12.6. The van der Waals surface area contributed by atoms with E-state index in [1.807, 2.05) is 40.7 Å². The molecule has 0 unspecified atom stereocenters. The SMILES string of the molecule is C=C(C)/C(N=C(C)CC(=O)CCC)=C(C)\C=C(/C)Cl. The fourth-order valence-corrected chi connectivity index (χ4v) is 1.93. The molecule has 0 spiro atoms. The van der Waals surface area contributed by atoms with Crippen LogP contribution >= 0.6 is 11.6 Å². The fraction of sp³-hybridized carbons (Fsp3) is 0.500. The van der Waals surface area contributed by atoms with Crippen molar-refractivity contribution in [1.82, 2.24) is 0 Å². The summed E-state index contributed by atoms with van der Waals surface area (Å²) in [6.45, 7) is 13.5. The molecule has 0 aromatic heterocycles. The summed E-state index contributed by atoms with van der Waals surface area (Å²) in [6, 6.07) is 0. The second-order valence-electron chi connectivity index (χ2n) is 4.86. The highest BCUT2D eigenvalue weighted by molar-refractivity contribution is 6.29. The number of allylic oxidation sites excluding steroid dienone is 4. The first-order chi connectivity index (χ1) is 8.77. The van der Waals surface area contributed by atoms with Crippen LogP contribution in [0.3, 0.4) is 0 Å². The molecule has 0 amide bonds. The van der Waals surface area contributed by atoms with Gasteiger partial charge in [0.05, 0.1) is 5.70 Å². The molecule has 0 aliphatic rings. The minimum absolute atomic E-state index is 0.228. The van der Waals surface area contributed by atoms with E-state index in [0.717, 1.165) is 29.0 Å². The van der Waals surface area contributed by atoms with Crippen molar-refractivity contribution in [3.63, 3.8) is 0 Å². The average molecular weight is 282 g/mol. The first-order valence-corrected chi connectivity index (χ1v) is 6.92. The van der Waals surface area contributed by atoms with Gasteiger partial charge in [0.1, 0.15) is 5.78 Å². The molecule has 0 rings (SSSR count). The highest BCUT2D eigenvalue weighted by Crippen LogP contribution is 2.18. The molecule has 2 nitrogen and oxygen atoms in total. The Kier molecular flexibility index (Phi) is 8.33. The van der Waals surface area contributed by atoms with Gasteiger partial charge in [-0.3, -0.25) is 9.79 Å². The number of carbonyl (C=O) groups excluding carboxylic acids is 1. The minimum atomic E-state index is 0.228. The predicted molar refractivity (Wildman–Crippen MR) is 84.8 cm³/mol. The zero-order valence-corrected chi connectivity index (χ0v) is 13.4. The number of ketones is 1. The van der Waals surface area contributed by atoms with E-state index in [9.17, 15) is 4.79 Å². The zero-order chi connectivity index (χ0) is 15.0. The molecule has 0 atom stereocenters. The van der Waals surface area contributed by atoms with Crippen LogP contribution in [0.2, 0.25) is 0 Å². The van der Waals surface area contributed by atoms with Crippen molar-refractivity contribution >= 4 is 23.1 Å². The summed E-state index contributed by atoms with van der Waals surface area (Å²) in [7, 11) is 0. The maximum atomic E-state index is 11.6. The van der Waals surface area contributed by atoms with Crippen LogP contribution in [0.25, 0.3) is 0 Å². The number of hydrogen-bond donors (Lipinski definition) is 0. The average Bonchev–Trinajstić information content (AvgIpc) is 2.24. The number of Topliss-reactive ketones (excluding diaryl/α,β-unsaturated/α-hetero) is 1. The van der Waals surface area contributed by atoms with Crippen LogP contribution < -0.4 is 0 Å². The number of halogens is 1. The van der Waals surface area contributed by atoms with Crippen molar-refractivity contribution in [3.8, 4) is 0 Å². The van der Waals surface area contributed by atoms with Gasteiger partial charge in [-0.2, -0.15) is 0 Å². The van der Waals surface area contributed by atoms with Crippen LogP contribution in [0, 0.1) is 0 Å². The molecule has 0 fully saturated rings. The van der Waals surface area contributed by atoms with E-state index in [1.54, 1.807) is 0 Å². The maximum Gasteiger partial charge on any atom is 0.138 e. The lowest BCUT2D eigenvalue weighted by Crippen LogP contribution is -2.05. The predicted octanol–water partition coefficient (Wildman–Crippen LogP) is 5.20. The molecule has 0 aliphatic heterocycles. The number of rotatable bonds is 7. The third-order valence-corrected chi connectivity index (χ3v) is 2.59. The molecule has 106 valence electrons. The molecule has 0 radical (unpaired) electrons. The smallest absolute Gasteiger partial charge is 0.138 e. The standard InChI is InChI=1S/C16H24ClNO/c1-7-8-15(19)10-14(6)18-16(11(2)3)12(4)9-13(5)17/h9H,2,7-8,10H2,1,3-6H3/b13-9+,16-12+,18-14?.